The number of sulfonamides is 1. The van der Waals surface area contributed by atoms with Gasteiger partial charge in [-0.2, -0.15) is 5.10 Å². The molecule has 0 unspecified atom stereocenters. The first-order valence-corrected chi connectivity index (χ1v) is 7.74. The van der Waals surface area contributed by atoms with Crippen LogP contribution < -0.4 is 10.5 Å². The second kappa shape index (κ2) is 5.96. The van der Waals surface area contributed by atoms with Gasteiger partial charge in [-0.15, -0.1) is 0 Å². The fraction of sp³-hybridized carbons (Fsp3) is 0.273. The zero-order valence-corrected chi connectivity index (χ0v) is 12.6. The van der Waals surface area contributed by atoms with E-state index in [1.165, 1.54) is 11.0 Å². The highest BCUT2D eigenvalue weighted by Gasteiger charge is 2.19. The molecule has 0 saturated carbocycles. The average Bonchev–Trinajstić information content (AvgIpc) is 2.79. The van der Waals surface area contributed by atoms with Gasteiger partial charge in [0.1, 0.15) is 17.0 Å². The van der Waals surface area contributed by atoms with Crippen molar-refractivity contribution < 1.29 is 12.8 Å². The Morgan fingerprint density at radius 1 is 1.48 bits per heavy atom. The van der Waals surface area contributed by atoms with Gasteiger partial charge in [-0.3, -0.25) is 4.68 Å². The van der Waals surface area contributed by atoms with Crippen LogP contribution in [-0.2, 0) is 23.5 Å². The van der Waals surface area contributed by atoms with Crippen LogP contribution in [0.15, 0.2) is 23.4 Å². The van der Waals surface area contributed by atoms with Crippen LogP contribution in [0.3, 0.4) is 0 Å². The van der Waals surface area contributed by atoms with Gasteiger partial charge in [0.25, 0.3) is 0 Å². The van der Waals surface area contributed by atoms with E-state index in [9.17, 15) is 12.8 Å². The summed E-state index contributed by atoms with van der Waals surface area (Å²) in [6, 6.07) is 1.85. The van der Waals surface area contributed by atoms with Crippen molar-refractivity contribution in [1.29, 1.82) is 0 Å². The van der Waals surface area contributed by atoms with Gasteiger partial charge in [0.05, 0.1) is 10.7 Å². The third-order valence-electron chi connectivity index (χ3n) is 2.63. The van der Waals surface area contributed by atoms with Crippen molar-refractivity contribution in [3.8, 4) is 0 Å². The molecule has 0 spiro atoms. The molecular formula is C11H13ClFN5O2S. The lowest BCUT2D eigenvalue weighted by Crippen LogP contribution is -2.26. The van der Waals surface area contributed by atoms with Crippen molar-refractivity contribution in [2.45, 2.75) is 11.3 Å². The summed E-state index contributed by atoms with van der Waals surface area (Å²) in [5.74, 6) is -0.262. The zero-order chi connectivity index (χ0) is 15.6. The van der Waals surface area contributed by atoms with E-state index in [0.29, 0.717) is 12.2 Å². The molecule has 0 aliphatic carbocycles. The number of nitrogen functional groups attached to an aromatic ring is 1. The van der Waals surface area contributed by atoms with Crippen molar-refractivity contribution in [2.24, 2.45) is 7.05 Å². The van der Waals surface area contributed by atoms with E-state index in [1.54, 1.807) is 7.05 Å². The Morgan fingerprint density at radius 3 is 2.81 bits per heavy atom. The normalized spacial score (nSPS) is 11.8. The number of aryl methyl sites for hydroxylation is 1. The highest BCUT2D eigenvalue weighted by atomic mass is 35.5. The van der Waals surface area contributed by atoms with Gasteiger partial charge in [-0.1, -0.05) is 11.6 Å². The molecule has 1 aromatic carbocycles. The molecule has 7 nitrogen and oxygen atoms in total. The van der Waals surface area contributed by atoms with E-state index in [1.807, 2.05) is 0 Å². The summed E-state index contributed by atoms with van der Waals surface area (Å²) in [6.45, 7) is 0.0833. The van der Waals surface area contributed by atoms with E-state index in [2.05, 4.69) is 14.8 Å². The summed E-state index contributed by atoms with van der Waals surface area (Å²) in [7, 11) is -2.17. The number of nitrogens with one attached hydrogen (secondary N) is 1. The summed E-state index contributed by atoms with van der Waals surface area (Å²) in [6.07, 6.45) is 1.83. The monoisotopic (exact) mass is 333 g/mol. The number of aromatic nitrogens is 3. The summed E-state index contributed by atoms with van der Waals surface area (Å²) in [5, 5.41) is 3.79. The van der Waals surface area contributed by atoms with Gasteiger partial charge in [-0.05, 0) is 12.1 Å². The molecule has 114 valence electrons. The number of hydrogen-bond donors (Lipinski definition) is 2. The molecule has 3 N–H and O–H groups in total. The fourth-order valence-electron chi connectivity index (χ4n) is 1.62. The van der Waals surface area contributed by atoms with Crippen LogP contribution in [0.1, 0.15) is 5.82 Å². The van der Waals surface area contributed by atoms with Crippen LogP contribution in [0.25, 0.3) is 0 Å². The first-order valence-electron chi connectivity index (χ1n) is 5.88. The topological polar surface area (TPSA) is 103 Å². The van der Waals surface area contributed by atoms with E-state index in [4.69, 9.17) is 17.3 Å². The second-order valence-corrected chi connectivity index (χ2v) is 6.43. The van der Waals surface area contributed by atoms with Crippen LogP contribution in [0.2, 0.25) is 5.02 Å². The molecule has 0 amide bonds. The van der Waals surface area contributed by atoms with Crippen molar-refractivity contribution in [3.05, 3.63) is 35.1 Å². The number of nitrogens with two attached hydrogens (primary N) is 1. The molecular weight excluding hydrogens is 321 g/mol. The van der Waals surface area contributed by atoms with Gasteiger partial charge >= 0.3 is 0 Å². The Hall–Kier alpha value is -1.71. The maximum Gasteiger partial charge on any atom is 0.242 e. The van der Waals surface area contributed by atoms with Gasteiger partial charge in [0, 0.05) is 20.0 Å². The van der Waals surface area contributed by atoms with Gasteiger partial charge in [-0.25, -0.2) is 22.5 Å². The van der Waals surface area contributed by atoms with Crippen LogP contribution >= 0.6 is 11.6 Å². The van der Waals surface area contributed by atoms with E-state index in [-0.39, 0.29) is 22.2 Å². The minimum atomic E-state index is -3.88. The number of hydrogen-bond acceptors (Lipinski definition) is 5. The van der Waals surface area contributed by atoms with Crippen molar-refractivity contribution in [3.63, 3.8) is 0 Å². The molecule has 1 aromatic heterocycles. The summed E-state index contributed by atoms with van der Waals surface area (Å²) in [4.78, 5) is 3.71. The Balaban J connectivity index is 2.10. The molecule has 0 atom stereocenters. The lowest BCUT2D eigenvalue weighted by atomic mass is 10.3. The average molecular weight is 334 g/mol. The van der Waals surface area contributed by atoms with E-state index < -0.39 is 15.8 Å². The van der Waals surface area contributed by atoms with Crippen LogP contribution in [0, 0.1) is 5.82 Å². The van der Waals surface area contributed by atoms with Crippen molar-refractivity contribution >= 4 is 27.3 Å². The number of halogens is 2. The fourth-order valence-corrected chi connectivity index (χ4v) is 3.20. The minimum Gasteiger partial charge on any atom is -0.396 e. The summed E-state index contributed by atoms with van der Waals surface area (Å²) < 4.78 is 41.2. The SMILES string of the molecule is Cn1cnc(CCNS(=O)(=O)c2cc(N)c(F)cc2Cl)n1. The molecule has 0 radical (unpaired) electrons. The van der Waals surface area contributed by atoms with Crippen LogP contribution in [0.5, 0.6) is 0 Å². The highest BCUT2D eigenvalue weighted by Crippen LogP contribution is 2.26. The predicted molar refractivity (Wildman–Crippen MR) is 75.7 cm³/mol. The number of nitrogens with zero attached hydrogens (tertiary/aromatic N) is 3. The molecule has 1 heterocycles. The molecule has 2 rings (SSSR count). The Labute approximate surface area is 126 Å². The van der Waals surface area contributed by atoms with Crippen LogP contribution in [0.4, 0.5) is 10.1 Å². The lowest BCUT2D eigenvalue weighted by Gasteiger charge is -2.09. The molecule has 0 bridgehead atoms. The first kappa shape index (κ1) is 15.7. The molecule has 0 fully saturated rings. The highest BCUT2D eigenvalue weighted by molar-refractivity contribution is 7.89. The Kier molecular flexibility index (Phi) is 4.45. The largest absolute Gasteiger partial charge is 0.396 e. The molecule has 21 heavy (non-hydrogen) atoms. The molecule has 0 aliphatic rings. The first-order chi connectivity index (χ1) is 9.79. The summed E-state index contributed by atoms with van der Waals surface area (Å²) in [5.41, 5.74) is 5.07. The van der Waals surface area contributed by atoms with E-state index >= 15 is 0 Å². The molecule has 2 aromatic rings. The third kappa shape index (κ3) is 3.69. The van der Waals surface area contributed by atoms with Gasteiger partial charge in [0.2, 0.25) is 10.0 Å². The second-order valence-electron chi connectivity index (χ2n) is 4.29. The number of anilines is 1. The number of benzene rings is 1. The summed E-state index contributed by atoms with van der Waals surface area (Å²) >= 11 is 5.74. The molecule has 0 aliphatic heterocycles. The predicted octanol–water partition coefficient (Wildman–Crippen LogP) is 0.711. The standard InChI is InChI=1S/C11H13ClFN5O2S/c1-18-6-15-11(17-18)2-3-16-21(19,20)10-5-9(14)8(13)4-7(10)12/h4-6,16H,2-3,14H2,1H3. The Bertz CT molecular complexity index is 762. The van der Waals surface area contributed by atoms with Gasteiger partial charge < -0.3 is 5.73 Å². The lowest BCUT2D eigenvalue weighted by molar-refractivity contribution is 0.580. The quantitative estimate of drug-likeness (QED) is 0.784. The maximum absolute atomic E-state index is 13.2. The minimum absolute atomic E-state index is 0.0833. The molecule has 10 heteroatoms. The smallest absolute Gasteiger partial charge is 0.242 e. The molecule has 0 saturated heterocycles. The van der Waals surface area contributed by atoms with Gasteiger partial charge in [0.15, 0.2) is 5.82 Å². The van der Waals surface area contributed by atoms with Crippen LogP contribution in [-0.4, -0.2) is 29.7 Å². The van der Waals surface area contributed by atoms with E-state index in [0.717, 1.165) is 12.1 Å². The zero-order valence-electron chi connectivity index (χ0n) is 11.0. The Morgan fingerprint density at radius 2 is 2.19 bits per heavy atom. The number of rotatable bonds is 5. The third-order valence-corrected chi connectivity index (χ3v) is 4.55. The van der Waals surface area contributed by atoms with Crippen molar-refractivity contribution in [1.82, 2.24) is 19.5 Å². The maximum atomic E-state index is 13.2. The van der Waals surface area contributed by atoms with Crippen molar-refractivity contribution in [2.75, 3.05) is 12.3 Å².